The number of hydrogen-bond acceptors (Lipinski definition) is 4. The monoisotopic (exact) mass is 339 g/mol. The Hall–Kier alpha value is -1.44. The summed E-state index contributed by atoms with van der Waals surface area (Å²) < 4.78 is 27.1. The highest BCUT2D eigenvalue weighted by atomic mass is 32.2. The van der Waals surface area contributed by atoms with Gasteiger partial charge in [-0.1, -0.05) is 18.2 Å². The van der Waals surface area contributed by atoms with Crippen LogP contribution in [0.4, 0.5) is 0 Å². The number of sulfonamides is 1. The lowest BCUT2D eigenvalue weighted by atomic mass is 10.1. The van der Waals surface area contributed by atoms with Gasteiger partial charge in [-0.25, -0.2) is 13.1 Å². The van der Waals surface area contributed by atoms with Crippen molar-refractivity contribution in [1.82, 2.24) is 4.72 Å². The predicted octanol–water partition coefficient (Wildman–Crippen LogP) is 2.37. The van der Waals surface area contributed by atoms with Gasteiger partial charge in [-0.15, -0.1) is 11.3 Å². The quantitative estimate of drug-likeness (QED) is 0.846. The number of thiophene rings is 1. The highest BCUT2D eigenvalue weighted by Crippen LogP contribution is 2.42. The molecule has 118 valence electrons. The van der Waals surface area contributed by atoms with Crippen LogP contribution in [0.2, 0.25) is 0 Å². The first-order chi connectivity index (χ1) is 10.3. The molecule has 1 atom stereocenters. The van der Waals surface area contributed by atoms with Crippen molar-refractivity contribution in [2.45, 2.75) is 37.0 Å². The van der Waals surface area contributed by atoms with Crippen molar-refractivity contribution in [3.8, 4) is 0 Å². The second-order valence-electron chi connectivity index (χ2n) is 5.92. The van der Waals surface area contributed by atoms with E-state index in [1.54, 1.807) is 6.92 Å². The van der Waals surface area contributed by atoms with Crippen molar-refractivity contribution in [1.29, 1.82) is 0 Å². The summed E-state index contributed by atoms with van der Waals surface area (Å²) in [5, 5.41) is 12.2. The van der Waals surface area contributed by atoms with E-state index in [0.717, 1.165) is 15.6 Å². The molecule has 3 rings (SSSR count). The molecule has 1 aliphatic rings. The average Bonchev–Trinajstić information content (AvgIpc) is 3.10. The van der Waals surface area contributed by atoms with Crippen molar-refractivity contribution in [3.05, 3.63) is 35.2 Å². The third kappa shape index (κ3) is 2.76. The van der Waals surface area contributed by atoms with Crippen LogP contribution in [0.25, 0.3) is 10.1 Å². The van der Waals surface area contributed by atoms with E-state index in [9.17, 15) is 18.3 Å². The first-order valence-corrected chi connectivity index (χ1v) is 9.38. The summed E-state index contributed by atoms with van der Waals surface area (Å²) in [7, 11) is -3.61. The Morgan fingerprint density at radius 1 is 1.41 bits per heavy atom. The van der Waals surface area contributed by atoms with Crippen LogP contribution in [0.1, 0.15) is 25.3 Å². The van der Waals surface area contributed by atoms with Crippen LogP contribution in [-0.4, -0.2) is 30.3 Å². The number of carboxylic acid groups (broad SMARTS) is 1. The van der Waals surface area contributed by atoms with E-state index in [2.05, 4.69) is 4.72 Å². The number of fused-ring (bicyclic) bond motifs is 1. The Kier molecular flexibility index (Phi) is 3.74. The largest absolute Gasteiger partial charge is 0.480 e. The second kappa shape index (κ2) is 5.33. The molecular formula is C15H17NO4S2. The van der Waals surface area contributed by atoms with Crippen LogP contribution in [0.15, 0.2) is 29.6 Å². The van der Waals surface area contributed by atoms with Crippen molar-refractivity contribution in [2.24, 2.45) is 0 Å². The third-order valence-corrected chi connectivity index (χ3v) is 7.50. The Labute approximate surface area is 133 Å². The van der Waals surface area contributed by atoms with E-state index >= 15 is 0 Å². The molecule has 1 saturated carbocycles. The van der Waals surface area contributed by atoms with Crippen LogP contribution in [-0.2, 0) is 21.2 Å². The molecule has 2 aromatic rings. The number of rotatable bonds is 6. The molecule has 0 amide bonds. The van der Waals surface area contributed by atoms with Gasteiger partial charge in [-0.2, -0.15) is 0 Å². The zero-order chi connectivity index (χ0) is 16.0. The highest BCUT2D eigenvalue weighted by molar-refractivity contribution is 7.91. The van der Waals surface area contributed by atoms with Gasteiger partial charge in [0.05, 0.1) is 4.75 Å². The number of hydrogen-bond donors (Lipinski definition) is 2. The van der Waals surface area contributed by atoms with E-state index in [-0.39, 0.29) is 6.42 Å². The lowest BCUT2D eigenvalue weighted by Crippen LogP contribution is -2.46. The molecule has 22 heavy (non-hydrogen) atoms. The van der Waals surface area contributed by atoms with E-state index in [1.165, 1.54) is 11.3 Å². The minimum absolute atomic E-state index is 0.147. The van der Waals surface area contributed by atoms with Crippen molar-refractivity contribution >= 4 is 37.4 Å². The summed E-state index contributed by atoms with van der Waals surface area (Å²) in [6.07, 6.45) is 1.31. The van der Waals surface area contributed by atoms with Crippen LogP contribution in [0.3, 0.4) is 0 Å². The zero-order valence-corrected chi connectivity index (χ0v) is 13.7. The molecule has 5 nitrogen and oxygen atoms in total. The van der Waals surface area contributed by atoms with Gasteiger partial charge >= 0.3 is 5.97 Å². The number of benzene rings is 1. The minimum Gasteiger partial charge on any atom is -0.480 e. The Bertz CT molecular complexity index is 821. The number of carbonyl (C=O) groups is 1. The molecule has 1 aromatic carbocycles. The molecule has 0 bridgehead atoms. The normalized spacial score (nSPS) is 18.2. The Balaban J connectivity index is 1.85. The van der Waals surface area contributed by atoms with Gasteiger partial charge in [-0.05, 0) is 42.2 Å². The summed E-state index contributed by atoms with van der Waals surface area (Å²) in [6.45, 7) is 1.65. The Morgan fingerprint density at radius 2 is 2.09 bits per heavy atom. The number of aliphatic carboxylic acids is 1. The zero-order valence-electron chi connectivity index (χ0n) is 12.1. The van der Waals surface area contributed by atoms with E-state index in [0.29, 0.717) is 12.8 Å². The maximum atomic E-state index is 12.2. The third-order valence-electron chi connectivity index (χ3n) is 4.18. The topological polar surface area (TPSA) is 83.5 Å². The molecule has 1 fully saturated rings. The van der Waals surface area contributed by atoms with Crippen molar-refractivity contribution in [3.63, 3.8) is 0 Å². The summed E-state index contributed by atoms with van der Waals surface area (Å²) >= 11 is 1.53. The van der Waals surface area contributed by atoms with E-state index in [1.807, 2.05) is 29.6 Å². The molecule has 0 radical (unpaired) electrons. The van der Waals surface area contributed by atoms with Crippen molar-refractivity contribution < 1.29 is 18.3 Å². The van der Waals surface area contributed by atoms with Gasteiger partial charge < -0.3 is 5.11 Å². The maximum Gasteiger partial charge on any atom is 0.322 e. The van der Waals surface area contributed by atoms with Gasteiger partial charge in [0.25, 0.3) is 0 Å². The second-order valence-corrected chi connectivity index (χ2v) is 9.06. The standard InChI is InChI=1S/C15H17NO4S2/c1-15(6-7-15)22(19,20)16-12(14(17)18)8-10-9-21-13-5-3-2-4-11(10)13/h2-5,9,12,16H,6-8H2,1H3,(H,17,18). The smallest absolute Gasteiger partial charge is 0.322 e. The highest BCUT2D eigenvalue weighted by Gasteiger charge is 2.51. The van der Waals surface area contributed by atoms with Crippen LogP contribution in [0, 0.1) is 0 Å². The lowest BCUT2D eigenvalue weighted by Gasteiger charge is -2.18. The van der Waals surface area contributed by atoms with Gasteiger partial charge in [0.1, 0.15) is 6.04 Å². The molecule has 7 heteroatoms. The molecule has 0 aliphatic heterocycles. The summed E-state index contributed by atoms with van der Waals surface area (Å²) in [4.78, 5) is 11.5. The fourth-order valence-electron chi connectivity index (χ4n) is 2.36. The SMILES string of the molecule is CC1(S(=O)(=O)NC(Cc2csc3ccccc23)C(=O)O)CC1. The van der Waals surface area contributed by atoms with Crippen molar-refractivity contribution in [2.75, 3.05) is 0 Å². The summed E-state index contributed by atoms with van der Waals surface area (Å²) in [5.74, 6) is -1.15. The summed E-state index contributed by atoms with van der Waals surface area (Å²) in [5.41, 5.74) is 0.858. The minimum atomic E-state index is -3.61. The molecule has 0 saturated heterocycles. The van der Waals surface area contributed by atoms with E-state index < -0.39 is 26.8 Å². The van der Waals surface area contributed by atoms with Crippen LogP contribution in [0.5, 0.6) is 0 Å². The first-order valence-electron chi connectivity index (χ1n) is 7.02. The molecule has 1 aromatic heterocycles. The number of nitrogens with one attached hydrogen (secondary N) is 1. The first kappa shape index (κ1) is 15.5. The lowest BCUT2D eigenvalue weighted by molar-refractivity contribution is -0.138. The fourth-order valence-corrected chi connectivity index (χ4v) is 4.82. The molecule has 1 heterocycles. The van der Waals surface area contributed by atoms with Gasteiger partial charge in [0, 0.05) is 11.1 Å². The molecule has 1 unspecified atom stereocenters. The van der Waals surface area contributed by atoms with Crippen LogP contribution >= 0.6 is 11.3 Å². The molecule has 2 N–H and O–H groups in total. The van der Waals surface area contributed by atoms with Gasteiger partial charge in [-0.3, -0.25) is 4.79 Å². The maximum absolute atomic E-state index is 12.2. The number of carboxylic acids is 1. The predicted molar refractivity (Wildman–Crippen MR) is 86.6 cm³/mol. The average molecular weight is 339 g/mol. The van der Waals surface area contributed by atoms with E-state index in [4.69, 9.17) is 0 Å². The molecule has 1 aliphatic carbocycles. The fraction of sp³-hybridized carbons (Fsp3) is 0.400. The van der Waals surface area contributed by atoms with Gasteiger partial charge in [0.2, 0.25) is 10.0 Å². The molecule has 0 spiro atoms. The van der Waals surface area contributed by atoms with Crippen LogP contribution < -0.4 is 4.72 Å². The Morgan fingerprint density at radius 3 is 2.73 bits per heavy atom. The summed E-state index contributed by atoms with van der Waals surface area (Å²) in [6, 6.07) is 6.57. The van der Waals surface area contributed by atoms with Gasteiger partial charge in [0.15, 0.2) is 0 Å². The molecular weight excluding hydrogens is 322 g/mol.